The number of carbonyl (C=O) groups is 2. The van der Waals surface area contributed by atoms with Crippen molar-refractivity contribution in [2.45, 2.75) is 26.2 Å². The second-order valence-corrected chi connectivity index (χ2v) is 10.6. The lowest BCUT2D eigenvalue weighted by atomic mass is 9.92. The van der Waals surface area contributed by atoms with Crippen LogP contribution in [0.25, 0.3) is 0 Å². The molecule has 0 N–H and O–H groups in total. The van der Waals surface area contributed by atoms with Crippen LogP contribution in [0.2, 0.25) is 0 Å². The highest BCUT2D eigenvalue weighted by atomic mass is 19.1. The van der Waals surface area contributed by atoms with Crippen LogP contribution in [0.15, 0.2) is 60.7 Å². The van der Waals surface area contributed by atoms with Crippen molar-refractivity contribution in [1.29, 1.82) is 0 Å². The van der Waals surface area contributed by atoms with Crippen LogP contribution in [0.3, 0.4) is 0 Å². The van der Waals surface area contributed by atoms with Crippen molar-refractivity contribution >= 4 is 11.8 Å². The van der Waals surface area contributed by atoms with Crippen LogP contribution in [0.1, 0.15) is 50.2 Å². The van der Waals surface area contributed by atoms with Gasteiger partial charge in [-0.2, -0.15) is 0 Å². The van der Waals surface area contributed by atoms with Crippen LogP contribution >= 0.6 is 0 Å². The van der Waals surface area contributed by atoms with E-state index in [1.165, 1.54) is 12.1 Å². The maximum atomic E-state index is 13.6. The minimum Gasteiger partial charge on any atom is -0.496 e. The zero-order chi connectivity index (χ0) is 27.5. The van der Waals surface area contributed by atoms with E-state index >= 15 is 0 Å². The maximum Gasteiger partial charge on any atom is 0.254 e. The number of likely N-dealkylation sites (tertiary alicyclic amines) is 2. The summed E-state index contributed by atoms with van der Waals surface area (Å²) < 4.78 is 24.5. The number of carbonyl (C=O) groups excluding carboxylic acids is 2. The first-order valence-corrected chi connectivity index (χ1v) is 13.5. The Morgan fingerprint density at radius 2 is 1.36 bits per heavy atom. The molecule has 2 saturated heterocycles. The summed E-state index contributed by atoms with van der Waals surface area (Å²) >= 11 is 0. The van der Waals surface area contributed by atoms with E-state index < -0.39 is 0 Å². The Labute approximate surface area is 229 Å². The third kappa shape index (κ3) is 5.77. The van der Waals surface area contributed by atoms with Crippen LogP contribution in [-0.4, -0.2) is 62.0 Å². The number of halogens is 1. The summed E-state index contributed by atoms with van der Waals surface area (Å²) in [6, 6.07) is 17.8. The Kier molecular flexibility index (Phi) is 7.87. The molecule has 0 spiro atoms. The molecule has 0 aromatic heterocycles. The highest BCUT2D eigenvalue weighted by Gasteiger charge is 2.38. The third-order valence-electron chi connectivity index (χ3n) is 8.16. The average Bonchev–Trinajstić information content (AvgIpc) is 3.25. The van der Waals surface area contributed by atoms with Crippen molar-refractivity contribution in [3.05, 3.63) is 94.3 Å². The molecule has 2 heterocycles. The molecule has 0 aliphatic carbocycles. The van der Waals surface area contributed by atoms with Crippen LogP contribution in [0.5, 0.6) is 11.5 Å². The molecule has 6 nitrogen and oxygen atoms in total. The quantitative estimate of drug-likeness (QED) is 0.430. The van der Waals surface area contributed by atoms with Gasteiger partial charge in [0.2, 0.25) is 0 Å². The molecule has 0 saturated carbocycles. The Balaban J connectivity index is 1.22. The molecule has 0 radical (unpaired) electrons. The molecule has 5 rings (SSSR count). The Bertz CT molecular complexity index is 1330. The number of hydrogen-bond donors (Lipinski definition) is 0. The molecule has 2 fully saturated rings. The smallest absolute Gasteiger partial charge is 0.254 e. The van der Waals surface area contributed by atoms with Crippen molar-refractivity contribution in [3.8, 4) is 11.5 Å². The molecule has 0 unspecified atom stereocenters. The lowest BCUT2D eigenvalue weighted by Crippen LogP contribution is -2.34. The van der Waals surface area contributed by atoms with Gasteiger partial charge in [0.1, 0.15) is 17.3 Å². The highest BCUT2D eigenvalue weighted by molar-refractivity contribution is 5.96. The van der Waals surface area contributed by atoms with E-state index in [0.717, 1.165) is 29.5 Å². The number of hydrogen-bond acceptors (Lipinski definition) is 4. The molecule has 0 bridgehead atoms. The van der Waals surface area contributed by atoms with E-state index in [1.807, 2.05) is 47.1 Å². The second kappa shape index (κ2) is 11.5. The molecule has 2 amide bonds. The maximum absolute atomic E-state index is 13.6. The van der Waals surface area contributed by atoms with E-state index in [4.69, 9.17) is 9.47 Å². The van der Waals surface area contributed by atoms with Crippen molar-refractivity contribution in [1.82, 2.24) is 9.80 Å². The predicted molar refractivity (Wildman–Crippen MR) is 148 cm³/mol. The van der Waals surface area contributed by atoms with E-state index in [0.29, 0.717) is 67.1 Å². The Hall–Kier alpha value is -3.87. The molecule has 2 atom stereocenters. The van der Waals surface area contributed by atoms with Crippen molar-refractivity contribution in [2.24, 2.45) is 11.8 Å². The monoisotopic (exact) mass is 530 g/mol. The standard InChI is InChI=1S/C32H35FN2O4/c1-21-29(38-2)17-27(18-30(21)39-3)32(37)35-19-25-10-12-34(13-11-26(25)20-35)31(36)24-8-4-6-22(15-24)14-23-7-5-9-28(33)16-23/h4-9,15-18,25-26H,10-14,19-20H2,1-3H3/t25-,26+. The highest BCUT2D eigenvalue weighted by Crippen LogP contribution is 2.35. The van der Waals surface area contributed by atoms with Gasteiger partial charge < -0.3 is 19.3 Å². The fraction of sp³-hybridized carbons (Fsp3) is 0.375. The first kappa shape index (κ1) is 26.7. The summed E-state index contributed by atoms with van der Waals surface area (Å²) in [5.41, 5.74) is 3.96. The summed E-state index contributed by atoms with van der Waals surface area (Å²) in [5, 5.41) is 0. The molecule has 2 aliphatic rings. The summed E-state index contributed by atoms with van der Waals surface area (Å²) in [6.45, 7) is 4.62. The largest absolute Gasteiger partial charge is 0.496 e. The summed E-state index contributed by atoms with van der Waals surface area (Å²) in [5.74, 6) is 1.76. The molecule has 39 heavy (non-hydrogen) atoms. The number of fused-ring (bicyclic) bond motifs is 1. The number of ether oxygens (including phenoxy) is 2. The van der Waals surface area contributed by atoms with Crippen molar-refractivity contribution in [3.63, 3.8) is 0 Å². The zero-order valence-electron chi connectivity index (χ0n) is 22.8. The van der Waals surface area contributed by atoms with Gasteiger partial charge in [0.15, 0.2) is 0 Å². The topological polar surface area (TPSA) is 59.1 Å². The molecular weight excluding hydrogens is 495 g/mol. The van der Waals surface area contributed by atoms with Crippen LogP contribution in [0, 0.1) is 24.6 Å². The molecule has 2 aliphatic heterocycles. The van der Waals surface area contributed by atoms with Gasteiger partial charge in [-0.25, -0.2) is 4.39 Å². The first-order chi connectivity index (χ1) is 18.9. The van der Waals surface area contributed by atoms with Crippen molar-refractivity contribution < 1.29 is 23.5 Å². The van der Waals surface area contributed by atoms with Crippen molar-refractivity contribution in [2.75, 3.05) is 40.4 Å². The fourth-order valence-electron chi connectivity index (χ4n) is 5.99. The van der Waals surface area contributed by atoms with Gasteiger partial charge >= 0.3 is 0 Å². The fourth-order valence-corrected chi connectivity index (χ4v) is 5.99. The van der Waals surface area contributed by atoms with Gasteiger partial charge in [-0.3, -0.25) is 9.59 Å². The number of amides is 2. The van der Waals surface area contributed by atoms with Crippen LogP contribution < -0.4 is 9.47 Å². The molecule has 7 heteroatoms. The summed E-state index contributed by atoms with van der Waals surface area (Å²) in [4.78, 5) is 30.7. The predicted octanol–water partition coefficient (Wildman–Crippen LogP) is 5.37. The van der Waals surface area contributed by atoms with Gasteiger partial charge in [0, 0.05) is 42.9 Å². The van der Waals surface area contributed by atoms with Gasteiger partial charge in [0.25, 0.3) is 11.8 Å². The van der Waals surface area contributed by atoms with Gasteiger partial charge in [-0.1, -0.05) is 24.3 Å². The van der Waals surface area contributed by atoms with Crippen LogP contribution in [0.4, 0.5) is 4.39 Å². The Morgan fingerprint density at radius 3 is 1.95 bits per heavy atom. The average molecular weight is 531 g/mol. The number of nitrogens with zero attached hydrogens (tertiary/aromatic N) is 2. The number of benzene rings is 3. The number of rotatable bonds is 6. The minimum atomic E-state index is -0.256. The van der Waals surface area contributed by atoms with Crippen LogP contribution in [-0.2, 0) is 6.42 Å². The van der Waals surface area contributed by atoms with E-state index in [-0.39, 0.29) is 17.6 Å². The zero-order valence-corrected chi connectivity index (χ0v) is 22.8. The minimum absolute atomic E-state index is 0.0114. The molecular formula is C32H35FN2O4. The second-order valence-electron chi connectivity index (χ2n) is 10.6. The Morgan fingerprint density at radius 1 is 0.795 bits per heavy atom. The summed E-state index contributed by atoms with van der Waals surface area (Å²) in [6.07, 6.45) is 2.30. The lowest BCUT2D eigenvalue weighted by molar-refractivity contribution is 0.0734. The van der Waals surface area contributed by atoms with E-state index in [2.05, 4.69) is 0 Å². The van der Waals surface area contributed by atoms with Gasteiger partial charge in [0.05, 0.1) is 14.2 Å². The van der Waals surface area contributed by atoms with E-state index in [9.17, 15) is 14.0 Å². The molecule has 204 valence electrons. The van der Waals surface area contributed by atoms with Gasteiger partial charge in [-0.15, -0.1) is 0 Å². The lowest BCUT2D eigenvalue weighted by Gasteiger charge is -2.23. The number of methoxy groups -OCH3 is 2. The van der Waals surface area contributed by atoms with E-state index in [1.54, 1.807) is 32.4 Å². The summed E-state index contributed by atoms with van der Waals surface area (Å²) in [7, 11) is 3.19. The SMILES string of the molecule is COc1cc(C(=O)N2C[C@H]3CCN(C(=O)c4cccc(Cc5cccc(F)c5)c4)CC[C@H]3C2)cc(OC)c1C. The third-order valence-corrected chi connectivity index (χ3v) is 8.16. The molecule has 3 aromatic rings. The van der Waals surface area contributed by atoms with Gasteiger partial charge in [-0.05, 0) is 85.5 Å². The normalized spacial score (nSPS) is 18.9. The first-order valence-electron chi connectivity index (χ1n) is 13.5. The molecule has 3 aromatic carbocycles.